The van der Waals surface area contributed by atoms with Gasteiger partial charge in [-0.05, 0) is 18.2 Å². The maximum Gasteiger partial charge on any atom is 0.224 e. The second-order valence-electron chi connectivity index (χ2n) is 4.02. The highest BCUT2D eigenvalue weighted by atomic mass is 15.4. The van der Waals surface area contributed by atoms with Gasteiger partial charge in [0.05, 0.1) is 17.2 Å². The van der Waals surface area contributed by atoms with Crippen LogP contribution in [0.3, 0.4) is 0 Å². The predicted octanol–water partition coefficient (Wildman–Crippen LogP) is 2.36. The van der Waals surface area contributed by atoms with Gasteiger partial charge >= 0.3 is 0 Å². The molecule has 3 aromatic rings. The number of nitrogens with zero attached hydrogens (tertiary/aromatic N) is 4. The van der Waals surface area contributed by atoms with Crippen molar-refractivity contribution in [3.8, 4) is 0 Å². The van der Waals surface area contributed by atoms with Crippen LogP contribution in [0, 0.1) is 0 Å². The van der Waals surface area contributed by atoms with Gasteiger partial charge in [-0.3, -0.25) is 4.98 Å². The molecule has 0 spiro atoms. The summed E-state index contributed by atoms with van der Waals surface area (Å²) < 4.78 is 1.78. The first kappa shape index (κ1) is 11.4. The molecule has 0 saturated heterocycles. The lowest BCUT2D eigenvalue weighted by Gasteiger charge is -2.00. The first-order valence-corrected chi connectivity index (χ1v) is 5.98. The van der Waals surface area contributed by atoms with Gasteiger partial charge in [-0.2, -0.15) is 9.78 Å². The van der Waals surface area contributed by atoms with E-state index in [1.54, 1.807) is 23.3 Å². The summed E-state index contributed by atoms with van der Waals surface area (Å²) in [7, 11) is 1.83. The van der Waals surface area contributed by atoms with Gasteiger partial charge in [-0.15, -0.1) is 0 Å². The monoisotopic (exact) mass is 251 g/mol. The number of benzene rings is 1. The number of hydrogen-bond acceptors (Lipinski definition) is 4. The molecule has 2 aromatic heterocycles. The number of para-hydroxylation sites is 2. The zero-order valence-corrected chi connectivity index (χ0v) is 10.5. The predicted molar refractivity (Wildman–Crippen MR) is 76.5 cm³/mol. The van der Waals surface area contributed by atoms with Crippen molar-refractivity contribution < 1.29 is 0 Å². The van der Waals surface area contributed by atoms with Gasteiger partial charge in [0.25, 0.3) is 0 Å². The van der Waals surface area contributed by atoms with Gasteiger partial charge in [0, 0.05) is 25.0 Å². The van der Waals surface area contributed by atoms with E-state index in [-0.39, 0.29) is 0 Å². The Morgan fingerprint density at radius 3 is 2.89 bits per heavy atom. The molecule has 0 aliphatic rings. The number of rotatable bonds is 3. The molecule has 0 saturated carbocycles. The van der Waals surface area contributed by atoms with E-state index >= 15 is 0 Å². The largest absolute Gasteiger partial charge is 0.357 e. The molecule has 0 atom stereocenters. The lowest BCUT2D eigenvalue weighted by atomic mass is 10.3. The van der Waals surface area contributed by atoms with Crippen molar-refractivity contribution in [1.29, 1.82) is 0 Å². The first-order chi connectivity index (χ1) is 9.38. The van der Waals surface area contributed by atoms with Gasteiger partial charge in [0.15, 0.2) is 0 Å². The minimum absolute atomic E-state index is 0.710. The number of anilines is 1. The van der Waals surface area contributed by atoms with E-state index in [0.717, 1.165) is 16.6 Å². The molecule has 0 unspecified atom stereocenters. The highest BCUT2D eigenvalue weighted by Crippen LogP contribution is 2.18. The lowest BCUT2D eigenvalue weighted by Crippen LogP contribution is -1.99. The molecular formula is C14H13N5. The van der Waals surface area contributed by atoms with Crippen LogP contribution in [-0.2, 0) is 0 Å². The smallest absolute Gasteiger partial charge is 0.224 e. The molecule has 3 rings (SSSR count). The van der Waals surface area contributed by atoms with Crippen LogP contribution >= 0.6 is 0 Å². The highest BCUT2D eigenvalue weighted by Gasteiger charge is 2.07. The third-order valence-electron chi connectivity index (χ3n) is 2.77. The van der Waals surface area contributed by atoms with E-state index in [4.69, 9.17) is 0 Å². The van der Waals surface area contributed by atoms with E-state index in [2.05, 4.69) is 20.4 Å². The maximum absolute atomic E-state index is 4.47. The minimum Gasteiger partial charge on any atom is -0.357 e. The SMILES string of the molecule is CNc1nc2ccccc2n1N=Cc1cccnc1. The Labute approximate surface area is 110 Å². The molecular weight excluding hydrogens is 238 g/mol. The minimum atomic E-state index is 0.710. The van der Waals surface area contributed by atoms with Crippen molar-refractivity contribution in [3.05, 3.63) is 54.4 Å². The molecule has 5 nitrogen and oxygen atoms in total. The van der Waals surface area contributed by atoms with Crippen molar-refractivity contribution in [2.75, 3.05) is 12.4 Å². The molecule has 1 N–H and O–H groups in total. The Kier molecular flexibility index (Phi) is 2.94. The Morgan fingerprint density at radius 2 is 2.11 bits per heavy atom. The van der Waals surface area contributed by atoms with Crippen LogP contribution in [-0.4, -0.2) is 27.9 Å². The molecule has 0 fully saturated rings. The van der Waals surface area contributed by atoms with Crippen molar-refractivity contribution in [2.24, 2.45) is 5.10 Å². The van der Waals surface area contributed by atoms with Crippen LogP contribution in [0.15, 0.2) is 53.9 Å². The Balaban J connectivity index is 2.07. The van der Waals surface area contributed by atoms with Crippen LogP contribution in [0.2, 0.25) is 0 Å². The zero-order valence-electron chi connectivity index (χ0n) is 10.5. The Hall–Kier alpha value is -2.69. The summed E-state index contributed by atoms with van der Waals surface area (Å²) in [4.78, 5) is 8.52. The van der Waals surface area contributed by atoms with Crippen LogP contribution in [0.4, 0.5) is 5.95 Å². The van der Waals surface area contributed by atoms with Gasteiger partial charge in [0.2, 0.25) is 5.95 Å². The fourth-order valence-electron chi connectivity index (χ4n) is 1.87. The number of aromatic nitrogens is 3. The van der Waals surface area contributed by atoms with E-state index in [9.17, 15) is 0 Å². The molecule has 19 heavy (non-hydrogen) atoms. The van der Waals surface area contributed by atoms with Gasteiger partial charge in [-0.25, -0.2) is 4.98 Å². The zero-order chi connectivity index (χ0) is 13.1. The third kappa shape index (κ3) is 2.18. The second kappa shape index (κ2) is 4.89. The molecule has 0 aliphatic heterocycles. The topological polar surface area (TPSA) is 55.1 Å². The van der Waals surface area contributed by atoms with Crippen LogP contribution in [0.5, 0.6) is 0 Å². The molecule has 0 amide bonds. The van der Waals surface area contributed by atoms with E-state index in [1.807, 2.05) is 43.4 Å². The van der Waals surface area contributed by atoms with E-state index in [0.29, 0.717) is 5.95 Å². The van der Waals surface area contributed by atoms with Crippen molar-refractivity contribution in [3.63, 3.8) is 0 Å². The average Bonchev–Trinajstić information content (AvgIpc) is 2.84. The van der Waals surface area contributed by atoms with Crippen LogP contribution < -0.4 is 5.32 Å². The van der Waals surface area contributed by atoms with Gasteiger partial charge in [-0.1, -0.05) is 18.2 Å². The van der Waals surface area contributed by atoms with Crippen molar-refractivity contribution in [1.82, 2.24) is 14.6 Å². The molecule has 0 bridgehead atoms. The molecule has 94 valence electrons. The Bertz CT molecular complexity index is 715. The third-order valence-corrected chi connectivity index (χ3v) is 2.77. The fraction of sp³-hybridized carbons (Fsp3) is 0.0714. The molecule has 2 heterocycles. The summed E-state index contributed by atoms with van der Waals surface area (Å²) in [6.07, 6.45) is 5.27. The van der Waals surface area contributed by atoms with Gasteiger partial charge < -0.3 is 5.32 Å². The quantitative estimate of drug-likeness (QED) is 0.727. The van der Waals surface area contributed by atoms with Crippen LogP contribution in [0.25, 0.3) is 11.0 Å². The van der Waals surface area contributed by atoms with Crippen molar-refractivity contribution in [2.45, 2.75) is 0 Å². The standard InChI is InChI=1S/C14H13N5/c1-15-14-18-12-6-2-3-7-13(12)19(14)17-10-11-5-4-8-16-9-11/h2-10H,1H3,(H,15,18). The summed E-state index contributed by atoms with van der Waals surface area (Å²) in [6, 6.07) is 11.7. The van der Waals surface area contributed by atoms with Crippen molar-refractivity contribution >= 4 is 23.2 Å². The fourth-order valence-corrected chi connectivity index (χ4v) is 1.87. The summed E-state index contributed by atoms with van der Waals surface area (Å²) in [5.74, 6) is 0.710. The summed E-state index contributed by atoms with van der Waals surface area (Å²) in [5, 5.41) is 7.51. The molecule has 0 aliphatic carbocycles. The number of nitrogens with one attached hydrogen (secondary N) is 1. The highest BCUT2D eigenvalue weighted by molar-refractivity contribution is 5.82. The molecule has 5 heteroatoms. The molecule has 1 aromatic carbocycles. The van der Waals surface area contributed by atoms with Crippen LogP contribution in [0.1, 0.15) is 5.56 Å². The second-order valence-corrected chi connectivity index (χ2v) is 4.02. The van der Waals surface area contributed by atoms with E-state index in [1.165, 1.54) is 0 Å². The maximum atomic E-state index is 4.47. The summed E-state index contributed by atoms with van der Waals surface area (Å²) in [6.45, 7) is 0. The first-order valence-electron chi connectivity index (χ1n) is 5.98. The summed E-state index contributed by atoms with van der Waals surface area (Å²) in [5.41, 5.74) is 2.82. The van der Waals surface area contributed by atoms with E-state index < -0.39 is 0 Å². The Morgan fingerprint density at radius 1 is 1.21 bits per heavy atom. The van der Waals surface area contributed by atoms with Gasteiger partial charge in [0.1, 0.15) is 0 Å². The summed E-state index contributed by atoms with van der Waals surface area (Å²) >= 11 is 0. The number of pyridine rings is 1. The molecule has 0 radical (unpaired) electrons. The number of hydrogen-bond donors (Lipinski definition) is 1. The lowest BCUT2D eigenvalue weighted by molar-refractivity contribution is 0.920. The average molecular weight is 251 g/mol. The number of imidazole rings is 1. The normalized spacial score (nSPS) is 11.2. The number of fused-ring (bicyclic) bond motifs is 1.